The van der Waals surface area contributed by atoms with Crippen LogP contribution in [0.15, 0.2) is 35.1 Å². The molecule has 0 bridgehead atoms. The van der Waals surface area contributed by atoms with E-state index in [4.69, 9.17) is 9.47 Å². The average molecular weight is 330 g/mol. The van der Waals surface area contributed by atoms with Crippen LogP contribution in [0.1, 0.15) is 30.1 Å². The van der Waals surface area contributed by atoms with E-state index in [1.54, 1.807) is 12.1 Å². The highest BCUT2D eigenvalue weighted by molar-refractivity contribution is 5.97. The number of rotatable bonds is 5. The van der Waals surface area contributed by atoms with Crippen molar-refractivity contribution in [2.75, 3.05) is 26.4 Å². The third kappa shape index (κ3) is 3.83. The molecule has 2 heterocycles. The summed E-state index contributed by atoms with van der Waals surface area (Å²) in [4.78, 5) is 27.0. The number of carbonyl (C=O) groups is 1. The fraction of sp³-hybridized carbons (Fsp3) is 0.444. The van der Waals surface area contributed by atoms with E-state index >= 15 is 0 Å². The third-order valence-electron chi connectivity index (χ3n) is 4.39. The van der Waals surface area contributed by atoms with E-state index in [1.807, 2.05) is 18.2 Å². The van der Waals surface area contributed by atoms with Gasteiger partial charge in [-0.2, -0.15) is 0 Å². The highest BCUT2D eigenvalue weighted by Gasteiger charge is 2.27. The summed E-state index contributed by atoms with van der Waals surface area (Å²) >= 11 is 0. The molecule has 1 aromatic carbocycles. The second-order valence-corrected chi connectivity index (χ2v) is 6.27. The maximum atomic E-state index is 12.2. The van der Waals surface area contributed by atoms with Crippen LogP contribution in [0.2, 0.25) is 0 Å². The summed E-state index contributed by atoms with van der Waals surface area (Å²) in [6.07, 6.45) is 1.70. The number of hydrogen-bond acceptors (Lipinski definition) is 4. The molecule has 1 saturated heterocycles. The Hall–Kier alpha value is -2.18. The Morgan fingerprint density at radius 3 is 2.88 bits per heavy atom. The first kappa shape index (κ1) is 16.7. The Kier molecular flexibility index (Phi) is 4.97. The van der Waals surface area contributed by atoms with Crippen molar-refractivity contribution in [3.63, 3.8) is 0 Å². The van der Waals surface area contributed by atoms with Crippen molar-refractivity contribution in [1.29, 1.82) is 0 Å². The molecule has 1 fully saturated rings. The molecule has 0 aliphatic carbocycles. The van der Waals surface area contributed by atoms with Crippen molar-refractivity contribution < 1.29 is 14.3 Å². The van der Waals surface area contributed by atoms with Gasteiger partial charge in [0.15, 0.2) is 0 Å². The molecule has 2 aromatic rings. The summed E-state index contributed by atoms with van der Waals surface area (Å²) in [5.41, 5.74) is 0.257. The molecule has 0 radical (unpaired) electrons. The minimum absolute atomic E-state index is 0.117. The van der Waals surface area contributed by atoms with Gasteiger partial charge in [-0.1, -0.05) is 18.2 Å². The summed E-state index contributed by atoms with van der Waals surface area (Å²) in [7, 11) is 0. The van der Waals surface area contributed by atoms with Crippen LogP contribution in [0.25, 0.3) is 10.9 Å². The van der Waals surface area contributed by atoms with Gasteiger partial charge in [-0.3, -0.25) is 9.59 Å². The Balaban J connectivity index is 1.57. The minimum Gasteiger partial charge on any atom is -0.381 e. The van der Waals surface area contributed by atoms with Crippen LogP contribution in [0.4, 0.5) is 0 Å². The third-order valence-corrected chi connectivity index (χ3v) is 4.39. The van der Waals surface area contributed by atoms with Crippen molar-refractivity contribution in [2.24, 2.45) is 0 Å². The summed E-state index contributed by atoms with van der Waals surface area (Å²) in [6.45, 7) is 4.24. The fourth-order valence-electron chi connectivity index (χ4n) is 2.82. The molecule has 1 amide bonds. The van der Waals surface area contributed by atoms with Gasteiger partial charge in [0.2, 0.25) is 0 Å². The lowest BCUT2D eigenvalue weighted by molar-refractivity contribution is -0.0974. The topological polar surface area (TPSA) is 80.4 Å². The molecule has 3 rings (SSSR count). The Labute approximate surface area is 140 Å². The molecule has 2 N–H and O–H groups in total. The molecule has 6 nitrogen and oxygen atoms in total. The van der Waals surface area contributed by atoms with Gasteiger partial charge in [0.25, 0.3) is 11.5 Å². The van der Waals surface area contributed by atoms with E-state index in [0.717, 1.165) is 23.7 Å². The second-order valence-electron chi connectivity index (χ2n) is 6.27. The Morgan fingerprint density at radius 2 is 2.08 bits per heavy atom. The quantitative estimate of drug-likeness (QED) is 0.820. The lowest BCUT2D eigenvalue weighted by Crippen LogP contribution is -2.39. The first-order valence-corrected chi connectivity index (χ1v) is 8.19. The molecule has 24 heavy (non-hydrogen) atoms. The summed E-state index contributed by atoms with van der Waals surface area (Å²) in [5.74, 6) is -0.386. The maximum Gasteiger partial charge on any atom is 0.261 e. The summed E-state index contributed by atoms with van der Waals surface area (Å²) in [6, 6.07) is 8.99. The number of pyridine rings is 1. The largest absolute Gasteiger partial charge is 0.381 e. The second kappa shape index (κ2) is 7.15. The number of H-pyrrole nitrogens is 1. The van der Waals surface area contributed by atoms with Gasteiger partial charge in [0.05, 0.1) is 12.2 Å². The van der Waals surface area contributed by atoms with Gasteiger partial charge in [-0.05, 0) is 37.3 Å². The predicted molar refractivity (Wildman–Crippen MR) is 91.3 cm³/mol. The smallest absolute Gasteiger partial charge is 0.261 e. The summed E-state index contributed by atoms with van der Waals surface area (Å²) < 4.78 is 11.2. The predicted octanol–water partition coefficient (Wildman–Crippen LogP) is 1.84. The first-order valence-electron chi connectivity index (χ1n) is 8.19. The molecule has 0 spiro atoms. The van der Waals surface area contributed by atoms with Gasteiger partial charge in [0.1, 0.15) is 5.56 Å². The number of hydrogen-bond donors (Lipinski definition) is 2. The van der Waals surface area contributed by atoms with Crippen LogP contribution in [-0.4, -0.2) is 42.9 Å². The zero-order valence-corrected chi connectivity index (χ0v) is 13.8. The Morgan fingerprint density at radius 1 is 1.33 bits per heavy atom. The molecule has 1 aromatic heterocycles. The number of aromatic nitrogens is 1. The van der Waals surface area contributed by atoms with Crippen molar-refractivity contribution >= 4 is 16.8 Å². The minimum atomic E-state index is -0.386. The number of benzene rings is 1. The van der Waals surface area contributed by atoms with E-state index in [-0.39, 0.29) is 22.6 Å². The van der Waals surface area contributed by atoms with Crippen molar-refractivity contribution in [3.05, 3.63) is 46.2 Å². The number of ether oxygens (including phenoxy) is 2. The van der Waals surface area contributed by atoms with Crippen molar-refractivity contribution in [3.8, 4) is 0 Å². The molecular weight excluding hydrogens is 308 g/mol. The van der Waals surface area contributed by atoms with Crippen molar-refractivity contribution in [1.82, 2.24) is 10.3 Å². The van der Waals surface area contributed by atoms with E-state index in [0.29, 0.717) is 26.4 Å². The van der Waals surface area contributed by atoms with Crippen LogP contribution in [0.5, 0.6) is 0 Å². The van der Waals surface area contributed by atoms with E-state index in [2.05, 4.69) is 17.2 Å². The van der Waals surface area contributed by atoms with Gasteiger partial charge in [-0.25, -0.2) is 0 Å². The van der Waals surface area contributed by atoms with Gasteiger partial charge in [0, 0.05) is 25.3 Å². The molecule has 6 heteroatoms. The Bertz CT molecular complexity index is 778. The molecule has 1 aliphatic heterocycles. The highest BCUT2D eigenvalue weighted by atomic mass is 16.5. The number of aromatic amines is 1. The maximum absolute atomic E-state index is 12.2. The number of amides is 1. The molecule has 128 valence electrons. The molecule has 0 unspecified atom stereocenters. The van der Waals surface area contributed by atoms with Crippen LogP contribution in [0, 0.1) is 0 Å². The van der Waals surface area contributed by atoms with Gasteiger partial charge < -0.3 is 19.8 Å². The van der Waals surface area contributed by atoms with Crippen LogP contribution < -0.4 is 10.9 Å². The SMILES string of the molecule is CC1(OCCNC(=O)c2cc3ccccc3[nH]c2=O)CCOCC1. The monoisotopic (exact) mass is 330 g/mol. The first-order chi connectivity index (χ1) is 11.6. The number of carbonyl (C=O) groups excluding carboxylic acids is 1. The molecular formula is C18H22N2O4. The molecule has 0 saturated carbocycles. The van der Waals surface area contributed by atoms with Gasteiger partial charge in [-0.15, -0.1) is 0 Å². The standard InChI is InChI=1S/C18H22N2O4/c1-18(6-9-23-10-7-18)24-11-8-19-16(21)14-12-13-4-2-3-5-15(13)20-17(14)22/h2-5,12H,6-11H2,1H3,(H,19,21)(H,20,22). The van der Waals surface area contributed by atoms with E-state index in [1.165, 1.54) is 0 Å². The fourth-order valence-corrected chi connectivity index (χ4v) is 2.82. The lowest BCUT2D eigenvalue weighted by atomic mass is 9.97. The molecule has 0 atom stereocenters. The molecule has 1 aliphatic rings. The highest BCUT2D eigenvalue weighted by Crippen LogP contribution is 2.23. The van der Waals surface area contributed by atoms with Crippen LogP contribution in [-0.2, 0) is 9.47 Å². The number of fused-ring (bicyclic) bond motifs is 1. The number of para-hydroxylation sites is 1. The normalized spacial score (nSPS) is 16.9. The lowest BCUT2D eigenvalue weighted by Gasteiger charge is -2.33. The average Bonchev–Trinajstić information content (AvgIpc) is 2.58. The zero-order chi connectivity index (χ0) is 17.0. The summed E-state index contributed by atoms with van der Waals surface area (Å²) in [5, 5.41) is 3.57. The van der Waals surface area contributed by atoms with E-state index in [9.17, 15) is 9.59 Å². The van der Waals surface area contributed by atoms with Crippen LogP contribution in [0.3, 0.4) is 0 Å². The van der Waals surface area contributed by atoms with Crippen LogP contribution >= 0.6 is 0 Å². The van der Waals surface area contributed by atoms with Gasteiger partial charge >= 0.3 is 0 Å². The number of nitrogens with one attached hydrogen (secondary N) is 2. The zero-order valence-electron chi connectivity index (χ0n) is 13.8. The van der Waals surface area contributed by atoms with E-state index < -0.39 is 0 Å². The van der Waals surface area contributed by atoms with Crippen molar-refractivity contribution in [2.45, 2.75) is 25.4 Å².